The van der Waals surface area contributed by atoms with Crippen LogP contribution >= 0.6 is 0 Å². The summed E-state index contributed by atoms with van der Waals surface area (Å²) in [6.07, 6.45) is 3.11. The Morgan fingerprint density at radius 1 is 1.15 bits per heavy atom. The highest BCUT2D eigenvalue weighted by molar-refractivity contribution is 5.82. The smallest absolute Gasteiger partial charge is 0.332 e. The van der Waals surface area contributed by atoms with Crippen molar-refractivity contribution >= 4 is 22.7 Å². The molecule has 0 radical (unpaired) electrons. The first-order valence-corrected chi connectivity index (χ1v) is 11.1. The number of halogens is 1. The molecular formula is C23H25FN6O3. The molecule has 3 aromatic rings. The lowest BCUT2D eigenvalue weighted by atomic mass is 10.0. The number of hydrogen-bond donors (Lipinski definition) is 2. The summed E-state index contributed by atoms with van der Waals surface area (Å²) in [6, 6.07) is 8.64. The number of fused-ring (bicyclic) bond motifs is 2. The van der Waals surface area contributed by atoms with Gasteiger partial charge in [0.2, 0.25) is 5.88 Å². The number of aromatic nitrogens is 3. The molecule has 1 fully saturated rings. The Morgan fingerprint density at radius 3 is 2.85 bits per heavy atom. The number of anilines is 1. The lowest BCUT2D eigenvalue weighted by Crippen LogP contribution is -2.43. The lowest BCUT2D eigenvalue weighted by Gasteiger charge is -2.32. The zero-order valence-electron chi connectivity index (χ0n) is 18.1. The van der Waals surface area contributed by atoms with Crippen LogP contribution in [-0.2, 0) is 17.9 Å². The van der Waals surface area contributed by atoms with Crippen molar-refractivity contribution in [3.05, 3.63) is 58.4 Å². The molecule has 3 aromatic heterocycles. The molecule has 5 heterocycles. The zero-order valence-corrected chi connectivity index (χ0v) is 18.1. The number of nitrogens with one attached hydrogen (secondary N) is 2. The Bertz CT molecular complexity index is 1240. The van der Waals surface area contributed by atoms with Gasteiger partial charge in [0, 0.05) is 37.8 Å². The molecule has 9 nitrogen and oxygen atoms in total. The van der Waals surface area contributed by atoms with Crippen LogP contribution in [0.3, 0.4) is 0 Å². The number of rotatable bonds is 6. The SMILES string of the molecule is O=C1CNc2ccc(CNC3CCN(CCn4c(=O)ccc5ncc(F)cc54)CC3)nc2O1. The van der Waals surface area contributed by atoms with Gasteiger partial charge in [0.15, 0.2) is 0 Å². The largest absolute Gasteiger partial charge is 0.404 e. The molecule has 2 N–H and O–H groups in total. The van der Waals surface area contributed by atoms with Crippen molar-refractivity contribution in [1.29, 1.82) is 0 Å². The number of hydrogen-bond acceptors (Lipinski definition) is 8. The van der Waals surface area contributed by atoms with Crippen molar-refractivity contribution in [2.75, 3.05) is 31.5 Å². The van der Waals surface area contributed by atoms with E-state index in [4.69, 9.17) is 4.74 Å². The fraction of sp³-hybridized carbons (Fsp3) is 0.391. The molecule has 0 aromatic carbocycles. The predicted molar refractivity (Wildman–Crippen MR) is 121 cm³/mol. The number of ether oxygens (including phenoxy) is 1. The highest BCUT2D eigenvalue weighted by atomic mass is 19.1. The minimum absolute atomic E-state index is 0.148. The Hall–Kier alpha value is -3.37. The van der Waals surface area contributed by atoms with Crippen molar-refractivity contribution in [2.24, 2.45) is 0 Å². The van der Waals surface area contributed by atoms with Crippen molar-refractivity contribution in [1.82, 2.24) is 24.8 Å². The van der Waals surface area contributed by atoms with E-state index >= 15 is 0 Å². The number of esters is 1. The maximum atomic E-state index is 13.7. The Balaban J connectivity index is 1.13. The van der Waals surface area contributed by atoms with E-state index in [2.05, 4.69) is 25.5 Å². The van der Waals surface area contributed by atoms with E-state index < -0.39 is 5.82 Å². The summed E-state index contributed by atoms with van der Waals surface area (Å²) in [5.41, 5.74) is 2.54. The van der Waals surface area contributed by atoms with Gasteiger partial charge in [0.05, 0.1) is 28.6 Å². The van der Waals surface area contributed by atoms with E-state index in [9.17, 15) is 14.0 Å². The molecule has 2 aliphatic heterocycles. The van der Waals surface area contributed by atoms with Gasteiger partial charge < -0.3 is 24.8 Å². The van der Waals surface area contributed by atoms with Crippen LogP contribution in [0.2, 0.25) is 0 Å². The molecule has 1 saturated heterocycles. The van der Waals surface area contributed by atoms with Gasteiger partial charge in [-0.1, -0.05) is 0 Å². The topological polar surface area (TPSA) is 101 Å². The highest BCUT2D eigenvalue weighted by Crippen LogP contribution is 2.25. The summed E-state index contributed by atoms with van der Waals surface area (Å²) in [6.45, 7) is 3.78. The third-order valence-electron chi connectivity index (χ3n) is 6.16. The van der Waals surface area contributed by atoms with E-state index in [0.717, 1.165) is 43.5 Å². The van der Waals surface area contributed by atoms with Gasteiger partial charge >= 0.3 is 5.97 Å². The second-order valence-electron chi connectivity index (χ2n) is 8.36. The normalized spacial score (nSPS) is 16.9. The summed E-state index contributed by atoms with van der Waals surface area (Å²) in [4.78, 5) is 34.6. The van der Waals surface area contributed by atoms with Gasteiger partial charge in [0.25, 0.3) is 5.56 Å². The van der Waals surface area contributed by atoms with Crippen LogP contribution in [0.4, 0.5) is 10.1 Å². The molecule has 0 saturated carbocycles. The molecule has 0 aliphatic carbocycles. The number of carbonyl (C=O) groups is 1. The van der Waals surface area contributed by atoms with Crippen LogP contribution in [0.5, 0.6) is 5.88 Å². The second kappa shape index (κ2) is 9.24. The Morgan fingerprint density at radius 2 is 2.00 bits per heavy atom. The van der Waals surface area contributed by atoms with Crippen LogP contribution in [0, 0.1) is 5.82 Å². The average Bonchev–Trinajstić information content (AvgIpc) is 2.82. The summed E-state index contributed by atoms with van der Waals surface area (Å²) >= 11 is 0. The van der Waals surface area contributed by atoms with E-state index in [1.807, 2.05) is 12.1 Å². The van der Waals surface area contributed by atoms with Crippen molar-refractivity contribution in [3.63, 3.8) is 0 Å². The molecule has 0 spiro atoms. The van der Waals surface area contributed by atoms with Crippen molar-refractivity contribution < 1.29 is 13.9 Å². The highest BCUT2D eigenvalue weighted by Gasteiger charge is 2.21. The molecule has 0 unspecified atom stereocenters. The van der Waals surface area contributed by atoms with Crippen molar-refractivity contribution in [3.8, 4) is 5.88 Å². The van der Waals surface area contributed by atoms with Crippen LogP contribution in [0.1, 0.15) is 18.5 Å². The number of nitrogens with zero attached hydrogens (tertiary/aromatic N) is 4. The minimum atomic E-state index is -0.448. The van der Waals surface area contributed by atoms with Gasteiger partial charge in [-0.2, -0.15) is 0 Å². The van der Waals surface area contributed by atoms with Gasteiger partial charge in [-0.25, -0.2) is 14.2 Å². The summed E-state index contributed by atoms with van der Waals surface area (Å²) in [7, 11) is 0. The molecule has 10 heteroatoms. The number of piperidine rings is 1. The zero-order chi connectivity index (χ0) is 22.8. The van der Waals surface area contributed by atoms with Gasteiger partial charge in [-0.3, -0.25) is 9.78 Å². The second-order valence-corrected chi connectivity index (χ2v) is 8.36. The number of pyridine rings is 3. The third kappa shape index (κ3) is 4.86. The van der Waals surface area contributed by atoms with Gasteiger partial charge in [0.1, 0.15) is 12.4 Å². The van der Waals surface area contributed by atoms with E-state index in [1.54, 1.807) is 10.6 Å². The molecule has 172 valence electrons. The molecule has 0 amide bonds. The van der Waals surface area contributed by atoms with Crippen LogP contribution < -0.4 is 20.9 Å². The van der Waals surface area contributed by atoms with E-state index in [-0.39, 0.29) is 18.1 Å². The first kappa shape index (κ1) is 21.5. The van der Waals surface area contributed by atoms with Gasteiger partial charge in [-0.05, 0) is 44.1 Å². The fourth-order valence-corrected chi connectivity index (χ4v) is 4.33. The van der Waals surface area contributed by atoms with Crippen LogP contribution in [0.25, 0.3) is 11.0 Å². The maximum absolute atomic E-state index is 13.7. The molecule has 0 bridgehead atoms. The standard InChI is InChI=1S/C23H25FN6O3/c24-15-11-20-18(26-12-15)3-4-21(31)30(20)10-9-29-7-5-16(6-8-29)25-13-17-1-2-19-23(28-17)33-22(32)14-27-19/h1-4,11-12,16,25,27H,5-10,13-14H2. The summed E-state index contributed by atoms with van der Waals surface area (Å²) < 4.78 is 20.4. The number of likely N-dealkylation sites (tertiary alicyclic amines) is 1. The predicted octanol–water partition coefficient (Wildman–Crippen LogP) is 1.52. The van der Waals surface area contributed by atoms with E-state index in [1.165, 1.54) is 12.1 Å². The molecule has 0 atom stereocenters. The monoisotopic (exact) mass is 452 g/mol. The quantitative estimate of drug-likeness (QED) is 0.543. The van der Waals surface area contributed by atoms with Crippen LogP contribution in [0.15, 0.2) is 41.3 Å². The average molecular weight is 452 g/mol. The molecule has 33 heavy (non-hydrogen) atoms. The maximum Gasteiger partial charge on any atom is 0.332 e. The molecule has 2 aliphatic rings. The van der Waals surface area contributed by atoms with Crippen molar-refractivity contribution in [2.45, 2.75) is 32.0 Å². The Kier molecular flexibility index (Phi) is 6.01. The van der Waals surface area contributed by atoms with Gasteiger partial charge in [-0.15, -0.1) is 0 Å². The Labute approximate surface area is 189 Å². The van der Waals surface area contributed by atoms with Crippen LogP contribution in [-0.4, -0.2) is 57.6 Å². The summed E-state index contributed by atoms with van der Waals surface area (Å²) in [5.74, 6) is -0.449. The first-order chi connectivity index (χ1) is 16.0. The fourth-order valence-electron chi connectivity index (χ4n) is 4.33. The summed E-state index contributed by atoms with van der Waals surface area (Å²) in [5, 5.41) is 6.52. The molecule has 5 rings (SSSR count). The van der Waals surface area contributed by atoms with E-state index in [0.29, 0.717) is 42.6 Å². The third-order valence-corrected chi connectivity index (χ3v) is 6.16. The lowest BCUT2D eigenvalue weighted by molar-refractivity contribution is -0.133. The molecular weight excluding hydrogens is 427 g/mol. The first-order valence-electron chi connectivity index (χ1n) is 11.1. The minimum Gasteiger partial charge on any atom is -0.404 e. The number of carbonyl (C=O) groups excluding carboxylic acids is 1.